The lowest BCUT2D eigenvalue weighted by atomic mass is 9.47. The zero-order valence-corrected chi connectivity index (χ0v) is 16.4. The standard InChI is InChI=1S/C22H34O3/c1-6-24-19-14-16(20(23)25-19)9-10-17-15(2)8-11-18-21(3,4)12-7-13-22(17,18)5/h9,17-19H,2,6-8,10-14H2,1,3-5H3/t17-,18-,19?,22-/m1/s1. The van der Waals surface area contributed by atoms with Crippen molar-refractivity contribution >= 4 is 5.97 Å². The lowest BCUT2D eigenvalue weighted by molar-refractivity contribution is -0.160. The van der Waals surface area contributed by atoms with Gasteiger partial charge in [0.15, 0.2) is 0 Å². The van der Waals surface area contributed by atoms with Gasteiger partial charge in [-0.2, -0.15) is 0 Å². The van der Waals surface area contributed by atoms with Gasteiger partial charge in [-0.05, 0) is 61.7 Å². The minimum atomic E-state index is -0.393. The molecule has 2 saturated carbocycles. The van der Waals surface area contributed by atoms with Gasteiger partial charge in [0.2, 0.25) is 6.29 Å². The number of hydrogen-bond acceptors (Lipinski definition) is 3. The Morgan fingerprint density at radius 1 is 1.32 bits per heavy atom. The van der Waals surface area contributed by atoms with Crippen LogP contribution in [0.2, 0.25) is 0 Å². The van der Waals surface area contributed by atoms with Crippen molar-refractivity contribution in [1.29, 1.82) is 0 Å². The highest BCUT2D eigenvalue weighted by Crippen LogP contribution is 2.61. The Hall–Kier alpha value is -1.09. The van der Waals surface area contributed by atoms with Crippen LogP contribution in [0.5, 0.6) is 0 Å². The zero-order chi connectivity index (χ0) is 18.2. The van der Waals surface area contributed by atoms with Crippen LogP contribution in [0.4, 0.5) is 0 Å². The fourth-order valence-corrected chi connectivity index (χ4v) is 5.91. The van der Waals surface area contributed by atoms with Crippen molar-refractivity contribution < 1.29 is 14.3 Å². The predicted molar refractivity (Wildman–Crippen MR) is 99.9 cm³/mol. The normalized spacial score (nSPS) is 39.4. The molecule has 3 fully saturated rings. The van der Waals surface area contributed by atoms with Crippen molar-refractivity contribution in [2.75, 3.05) is 6.61 Å². The van der Waals surface area contributed by atoms with Gasteiger partial charge < -0.3 is 9.47 Å². The van der Waals surface area contributed by atoms with E-state index in [2.05, 4.69) is 33.4 Å². The summed E-state index contributed by atoms with van der Waals surface area (Å²) in [5, 5.41) is 0. The van der Waals surface area contributed by atoms with E-state index < -0.39 is 6.29 Å². The summed E-state index contributed by atoms with van der Waals surface area (Å²) < 4.78 is 10.7. The Bertz CT molecular complexity index is 574. The van der Waals surface area contributed by atoms with E-state index in [1.807, 2.05) is 6.92 Å². The van der Waals surface area contributed by atoms with Gasteiger partial charge >= 0.3 is 5.97 Å². The van der Waals surface area contributed by atoms with Gasteiger partial charge in [0.25, 0.3) is 0 Å². The minimum Gasteiger partial charge on any atom is -0.432 e. The molecule has 4 atom stereocenters. The smallest absolute Gasteiger partial charge is 0.336 e. The molecule has 3 rings (SSSR count). The van der Waals surface area contributed by atoms with E-state index in [0.717, 1.165) is 24.3 Å². The van der Waals surface area contributed by atoms with E-state index in [-0.39, 0.29) is 5.97 Å². The second-order valence-electron chi connectivity index (χ2n) is 9.11. The summed E-state index contributed by atoms with van der Waals surface area (Å²) >= 11 is 0. The molecule has 0 spiro atoms. The van der Waals surface area contributed by atoms with E-state index in [4.69, 9.17) is 9.47 Å². The number of carbonyl (C=O) groups excluding carboxylic acids is 1. The molecule has 0 aromatic rings. The predicted octanol–water partition coefficient (Wildman–Crippen LogP) is 5.41. The van der Waals surface area contributed by atoms with Crippen LogP contribution < -0.4 is 0 Å². The Kier molecular flexibility index (Phi) is 5.16. The van der Waals surface area contributed by atoms with Crippen LogP contribution in [0, 0.1) is 22.7 Å². The van der Waals surface area contributed by atoms with Crippen LogP contribution in [0.25, 0.3) is 0 Å². The van der Waals surface area contributed by atoms with Gasteiger partial charge in [0.05, 0.1) is 0 Å². The van der Waals surface area contributed by atoms with Crippen molar-refractivity contribution in [3.05, 3.63) is 23.8 Å². The molecule has 3 nitrogen and oxygen atoms in total. The highest BCUT2D eigenvalue weighted by atomic mass is 16.7. The number of esters is 1. The average Bonchev–Trinajstić information content (AvgIpc) is 2.86. The Morgan fingerprint density at radius 2 is 2.08 bits per heavy atom. The number of carbonyl (C=O) groups is 1. The van der Waals surface area contributed by atoms with E-state index in [1.165, 1.54) is 31.3 Å². The van der Waals surface area contributed by atoms with Crippen molar-refractivity contribution in [3.8, 4) is 0 Å². The molecule has 0 bridgehead atoms. The molecule has 0 radical (unpaired) electrons. The Labute approximate surface area is 152 Å². The van der Waals surface area contributed by atoms with Gasteiger partial charge in [0, 0.05) is 18.6 Å². The molecule has 1 saturated heterocycles. The molecule has 1 heterocycles. The largest absolute Gasteiger partial charge is 0.432 e. The lowest BCUT2D eigenvalue weighted by Gasteiger charge is -2.58. The van der Waals surface area contributed by atoms with Gasteiger partial charge in [0.1, 0.15) is 0 Å². The molecule has 2 aliphatic carbocycles. The number of hydrogen-bond donors (Lipinski definition) is 0. The second kappa shape index (κ2) is 6.90. The summed E-state index contributed by atoms with van der Waals surface area (Å²) in [5.74, 6) is 1.01. The third-order valence-corrected chi connectivity index (χ3v) is 7.16. The van der Waals surface area contributed by atoms with Gasteiger partial charge in [-0.25, -0.2) is 4.79 Å². The summed E-state index contributed by atoms with van der Waals surface area (Å²) in [6, 6.07) is 0. The van der Waals surface area contributed by atoms with E-state index >= 15 is 0 Å². The molecule has 140 valence electrons. The van der Waals surface area contributed by atoms with E-state index in [0.29, 0.717) is 29.8 Å². The Morgan fingerprint density at radius 3 is 2.80 bits per heavy atom. The fourth-order valence-electron chi connectivity index (χ4n) is 5.91. The van der Waals surface area contributed by atoms with E-state index in [9.17, 15) is 4.79 Å². The first-order valence-electron chi connectivity index (χ1n) is 9.97. The number of fused-ring (bicyclic) bond motifs is 1. The second-order valence-corrected chi connectivity index (χ2v) is 9.11. The molecule has 1 aliphatic heterocycles. The van der Waals surface area contributed by atoms with Crippen LogP contribution >= 0.6 is 0 Å². The average molecular weight is 347 g/mol. The summed E-state index contributed by atoms with van der Waals surface area (Å²) in [4.78, 5) is 12.1. The zero-order valence-electron chi connectivity index (χ0n) is 16.4. The van der Waals surface area contributed by atoms with Crippen LogP contribution in [0.15, 0.2) is 23.8 Å². The topological polar surface area (TPSA) is 35.5 Å². The van der Waals surface area contributed by atoms with Gasteiger partial charge in [-0.15, -0.1) is 0 Å². The highest BCUT2D eigenvalue weighted by Gasteiger charge is 2.52. The van der Waals surface area contributed by atoms with Crippen LogP contribution in [-0.4, -0.2) is 18.9 Å². The molecule has 0 N–H and O–H groups in total. The van der Waals surface area contributed by atoms with Crippen LogP contribution in [0.1, 0.15) is 72.6 Å². The van der Waals surface area contributed by atoms with Crippen molar-refractivity contribution in [1.82, 2.24) is 0 Å². The maximum Gasteiger partial charge on any atom is 0.336 e. The van der Waals surface area contributed by atoms with Gasteiger partial charge in [-0.3, -0.25) is 0 Å². The number of cyclic esters (lactones) is 1. The summed E-state index contributed by atoms with van der Waals surface area (Å²) in [7, 11) is 0. The molecule has 25 heavy (non-hydrogen) atoms. The maximum absolute atomic E-state index is 12.1. The minimum absolute atomic E-state index is 0.203. The Balaban J connectivity index is 1.77. The van der Waals surface area contributed by atoms with Crippen molar-refractivity contribution in [2.45, 2.75) is 78.9 Å². The molecule has 0 amide bonds. The molecular weight excluding hydrogens is 312 g/mol. The third kappa shape index (κ3) is 3.45. The fraction of sp³-hybridized carbons (Fsp3) is 0.773. The van der Waals surface area contributed by atoms with Crippen molar-refractivity contribution in [2.24, 2.45) is 22.7 Å². The first-order chi connectivity index (χ1) is 11.8. The third-order valence-electron chi connectivity index (χ3n) is 7.16. The van der Waals surface area contributed by atoms with Crippen LogP contribution in [-0.2, 0) is 14.3 Å². The molecule has 3 aliphatic rings. The quantitative estimate of drug-likeness (QED) is 0.388. The lowest BCUT2D eigenvalue weighted by Crippen LogP contribution is -2.49. The summed E-state index contributed by atoms with van der Waals surface area (Å²) in [6.45, 7) is 14.3. The van der Waals surface area contributed by atoms with E-state index in [1.54, 1.807) is 0 Å². The maximum atomic E-state index is 12.1. The SMILES string of the molecule is C=C1CC[C@@H]2C(C)(C)CCC[C@]2(C)[C@@H]1CC=C1CC(OCC)OC1=O. The molecular formula is C22H34O3. The van der Waals surface area contributed by atoms with Gasteiger partial charge in [-0.1, -0.05) is 45.4 Å². The first kappa shape index (κ1) is 18.7. The highest BCUT2D eigenvalue weighted by molar-refractivity contribution is 5.90. The van der Waals surface area contributed by atoms with Crippen molar-refractivity contribution in [3.63, 3.8) is 0 Å². The monoisotopic (exact) mass is 346 g/mol. The summed E-state index contributed by atoms with van der Waals surface area (Å²) in [5.41, 5.74) is 2.87. The summed E-state index contributed by atoms with van der Waals surface area (Å²) in [6.07, 6.45) is 9.52. The first-order valence-corrected chi connectivity index (χ1v) is 9.97. The molecule has 0 aromatic carbocycles. The number of allylic oxidation sites excluding steroid dienone is 2. The number of ether oxygens (including phenoxy) is 2. The molecule has 3 heteroatoms. The molecule has 0 aromatic heterocycles. The molecule has 1 unspecified atom stereocenters. The van der Waals surface area contributed by atoms with Crippen LogP contribution in [0.3, 0.4) is 0 Å². The number of rotatable bonds is 4.